The maximum Gasteiger partial charge on any atom is 0.130 e. The van der Waals surface area contributed by atoms with Gasteiger partial charge in [-0.15, -0.1) is 0 Å². The summed E-state index contributed by atoms with van der Waals surface area (Å²) >= 11 is 3.48. The average Bonchev–Trinajstić information content (AvgIpc) is 2.48. The van der Waals surface area contributed by atoms with Crippen molar-refractivity contribution in [2.45, 2.75) is 27.2 Å². The van der Waals surface area contributed by atoms with Crippen molar-refractivity contribution in [1.82, 2.24) is 0 Å². The van der Waals surface area contributed by atoms with Gasteiger partial charge in [0.15, 0.2) is 0 Å². The Bertz CT molecular complexity index is 595. The minimum atomic E-state index is 0.537. The van der Waals surface area contributed by atoms with Gasteiger partial charge >= 0.3 is 0 Å². The van der Waals surface area contributed by atoms with Crippen LogP contribution in [0.5, 0.6) is 11.5 Å². The molecule has 2 aromatic carbocycles. The van der Waals surface area contributed by atoms with Gasteiger partial charge in [0.2, 0.25) is 0 Å². The SMILES string of the molecule is CCOc1c(C)cc(OCC(C)CCBr)c2ccccc12. The fourth-order valence-corrected chi connectivity index (χ4v) is 3.19. The number of halogens is 1. The van der Waals surface area contributed by atoms with Crippen molar-refractivity contribution < 1.29 is 9.47 Å². The van der Waals surface area contributed by atoms with Gasteiger partial charge in [0.1, 0.15) is 11.5 Å². The van der Waals surface area contributed by atoms with Crippen LogP contribution in [0.3, 0.4) is 0 Å². The van der Waals surface area contributed by atoms with E-state index in [9.17, 15) is 0 Å². The Morgan fingerprint density at radius 1 is 1.14 bits per heavy atom. The van der Waals surface area contributed by atoms with E-state index >= 15 is 0 Å². The first kappa shape index (κ1) is 16.2. The molecular weight excluding hydrogens is 328 g/mol. The highest BCUT2D eigenvalue weighted by atomic mass is 79.9. The van der Waals surface area contributed by atoms with Crippen LogP contribution >= 0.6 is 15.9 Å². The minimum absolute atomic E-state index is 0.537. The average molecular weight is 351 g/mol. The lowest BCUT2D eigenvalue weighted by Gasteiger charge is -2.17. The second kappa shape index (κ2) is 7.69. The summed E-state index contributed by atoms with van der Waals surface area (Å²) in [5.41, 5.74) is 1.12. The van der Waals surface area contributed by atoms with Gasteiger partial charge in [-0.1, -0.05) is 47.1 Å². The second-order valence-corrected chi connectivity index (χ2v) is 6.19. The van der Waals surface area contributed by atoms with Crippen LogP contribution in [0.25, 0.3) is 10.8 Å². The van der Waals surface area contributed by atoms with Gasteiger partial charge in [0.25, 0.3) is 0 Å². The highest BCUT2D eigenvalue weighted by Crippen LogP contribution is 2.36. The van der Waals surface area contributed by atoms with E-state index in [2.05, 4.69) is 48.0 Å². The maximum atomic E-state index is 6.07. The Labute approximate surface area is 135 Å². The van der Waals surface area contributed by atoms with Gasteiger partial charge in [0, 0.05) is 16.1 Å². The zero-order chi connectivity index (χ0) is 15.2. The monoisotopic (exact) mass is 350 g/mol. The summed E-state index contributed by atoms with van der Waals surface area (Å²) in [4.78, 5) is 0. The molecule has 0 aliphatic heterocycles. The molecule has 0 bridgehead atoms. The summed E-state index contributed by atoms with van der Waals surface area (Å²) in [6, 6.07) is 10.4. The molecule has 1 unspecified atom stereocenters. The molecule has 0 aliphatic carbocycles. The molecule has 0 saturated heterocycles. The highest BCUT2D eigenvalue weighted by molar-refractivity contribution is 9.09. The van der Waals surface area contributed by atoms with Gasteiger partial charge in [-0.3, -0.25) is 0 Å². The fraction of sp³-hybridized carbons (Fsp3) is 0.444. The molecule has 3 heteroatoms. The molecule has 21 heavy (non-hydrogen) atoms. The summed E-state index contributed by atoms with van der Waals surface area (Å²) in [7, 11) is 0. The van der Waals surface area contributed by atoms with Crippen LogP contribution in [-0.2, 0) is 0 Å². The predicted molar refractivity (Wildman–Crippen MR) is 92.9 cm³/mol. The number of ether oxygens (including phenoxy) is 2. The Morgan fingerprint density at radius 3 is 2.52 bits per heavy atom. The van der Waals surface area contributed by atoms with Crippen LogP contribution in [-0.4, -0.2) is 18.5 Å². The van der Waals surface area contributed by atoms with E-state index < -0.39 is 0 Å². The van der Waals surface area contributed by atoms with Crippen LogP contribution in [0.4, 0.5) is 0 Å². The first-order valence-corrected chi connectivity index (χ1v) is 8.63. The summed E-state index contributed by atoms with van der Waals surface area (Å²) in [6.45, 7) is 7.72. The molecule has 0 aromatic heterocycles. The molecule has 0 radical (unpaired) electrons. The number of hydrogen-bond donors (Lipinski definition) is 0. The quantitative estimate of drug-likeness (QED) is 0.627. The van der Waals surface area contributed by atoms with Crippen molar-refractivity contribution in [3.8, 4) is 11.5 Å². The molecule has 0 heterocycles. The van der Waals surface area contributed by atoms with Gasteiger partial charge < -0.3 is 9.47 Å². The number of alkyl halides is 1. The second-order valence-electron chi connectivity index (χ2n) is 5.39. The molecule has 2 nitrogen and oxygen atoms in total. The standard InChI is InChI=1S/C18H23BrO2/c1-4-20-18-14(3)11-17(21-12-13(2)9-10-19)15-7-5-6-8-16(15)18/h5-8,11,13H,4,9-10,12H2,1-3H3. The zero-order valence-corrected chi connectivity index (χ0v) is 14.6. The minimum Gasteiger partial charge on any atom is -0.493 e. The Balaban J connectivity index is 2.34. The lowest BCUT2D eigenvalue weighted by atomic mass is 10.0. The summed E-state index contributed by atoms with van der Waals surface area (Å²) in [5, 5.41) is 3.26. The van der Waals surface area contributed by atoms with E-state index in [1.54, 1.807) is 0 Å². The predicted octanol–water partition coefficient (Wildman–Crippen LogP) is 5.35. The molecule has 1 atom stereocenters. The molecule has 2 aromatic rings. The van der Waals surface area contributed by atoms with Crippen LogP contribution in [0, 0.1) is 12.8 Å². The fourth-order valence-electron chi connectivity index (χ4n) is 2.41. The van der Waals surface area contributed by atoms with Gasteiger partial charge in [-0.25, -0.2) is 0 Å². The number of aryl methyl sites for hydroxylation is 1. The van der Waals surface area contributed by atoms with Crippen molar-refractivity contribution >= 4 is 26.7 Å². The van der Waals surface area contributed by atoms with Crippen LogP contribution in [0.15, 0.2) is 30.3 Å². The van der Waals surface area contributed by atoms with Crippen LogP contribution < -0.4 is 9.47 Å². The molecular formula is C18H23BrO2. The maximum absolute atomic E-state index is 6.07. The van der Waals surface area contributed by atoms with Crippen molar-refractivity contribution in [2.75, 3.05) is 18.5 Å². The zero-order valence-electron chi connectivity index (χ0n) is 13.0. The van der Waals surface area contributed by atoms with E-state index in [4.69, 9.17) is 9.47 Å². The number of rotatable bonds is 7. The first-order valence-electron chi connectivity index (χ1n) is 7.51. The van der Waals surface area contributed by atoms with Crippen LogP contribution in [0.2, 0.25) is 0 Å². The molecule has 0 N–H and O–H groups in total. The molecule has 2 rings (SSSR count). The highest BCUT2D eigenvalue weighted by Gasteiger charge is 2.12. The third-order valence-electron chi connectivity index (χ3n) is 3.56. The Hall–Kier alpha value is -1.22. The van der Waals surface area contributed by atoms with Gasteiger partial charge in [0.05, 0.1) is 13.2 Å². The van der Waals surface area contributed by atoms with Crippen molar-refractivity contribution in [2.24, 2.45) is 5.92 Å². The summed E-state index contributed by atoms with van der Waals surface area (Å²) in [5.74, 6) is 2.46. The summed E-state index contributed by atoms with van der Waals surface area (Å²) < 4.78 is 11.9. The number of hydrogen-bond acceptors (Lipinski definition) is 2. The molecule has 0 saturated carbocycles. The molecule has 0 aliphatic rings. The summed E-state index contributed by atoms with van der Waals surface area (Å²) in [6.07, 6.45) is 1.12. The largest absolute Gasteiger partial charge is 0.493 e. The lowest BCUT2D eigenvalue weighted by molar-refractivity contribution is 0.260. The van der Waals surface area contributed by atoms with Crippen LogP contribution in [0.1, 0.15) is 25.8 Å². The molecule has 0 amide bonds. The third kappa shape index (κ3) is 3.91. The van der Waals surface area contributed by atoms with E-state index in [-0.39, 0.29) is 0 Å². The van der Waals surface area contributed by atoms with Crippen molar-refractivity contribution in [3.05, 3.63) is 35.9 Å². The normalized spacial score (nSPS) is 12.4. The molecule has 114 valence electrons. The Kier molecular flexibility index (Phi) is 5.92. The lowest BCUT2D eigenvalue weighted by Crippen LogP contribution is -2.09. The number of fused-ring (bicyclic) bond motifs is 1. The van der Waals surface area contributed by atoms with E-state index in [0.717, 1.165) is 46.2 Å². The topological polar surface area (TPSA) is 18.5 Å². The van der Waals surface area contributed by atoms with E-state index in [0.29, 0.717) is 12.5 Å². The molecule has 0 spiro atoms. The molecule has 0 fully saturated rings. The van der Waals surface area contributed by atoms with Crippen molar-refractivity contribution in [3.63, 3.8) is 0 Å². The number of benzene rings is 2. The third-order valence-corrected chi connectivity index (χ3v) is 4.01. The smallest absolute Gasteiger partial charge is 0.130 e. The first-order chi connectivity index (χ1) is 10.2. The van der Waals surface area contributed by atoms with Gasteiger partial charge in [-0.05, 0) is 37.8 Å². The van der Waals surface area contributed by atoms with Crippen molar-refractivity contribution in [1.29, 1.82) is 0 Å². The van der Waals surface area contributed by atoms with E-state index in [1.807, 2.05) is 19.1 Å². The van der Waals surface area contributed by atoms with E-state index in [1.165, 1.54) is 0 Å². The van der Waals surface area contributed by atoms with Gasteiger partial charge in [-0.2, -0.15) is 0 Å². The Morgan fingerprint density at radius 2 is 1.86 bits per heavy atom.